The average Bonchev–Trinajstić information content (AvgIpc) is 2.66. The van der Waals surface area contributed by atoms with Crippen LogP contribution in [0.25, 0.3) is 21.9 Å². The quantitative estimate of drug-likeness (QED) is 0.577. The molecule has 1 heterocycles. The van der Waals surface area contributed by atoms with Crippen LogP contribution in [0.5, 0.6) is 0 Å². The molecule has 0 atom stereocenters. The number of benzene rings is 2. The van der Waals surface area contributed by atoms with Crippen LogP contribution in [0.2, 0.25) is 0 Å². The predicted octanol–water partition coefficient (Wildman–Crippen LogP) is 3.04. The fraction of sp³-hybridized carbons (Fsp3) is 0. The molecule has 0 unspecified atom stereocenters. The van der Waals surface area contributed by atoms with Crippen LogP contribution in [0.3, 0.4) is 0 Å². The number of furan rings is 1. The van der Waals surface area contributed by atoms with Crippen LogP contribution in [0, 0.1) is 11.3 Å². The topological polar surface area (TPSA) is 63.0 Å². The molecule has 3 nitrogen and oxygen atoms in total. The standard InChI is InChI=1S/C13H8N2O/c14-7-8-1-3-12-10(5-8)11-6-9(15)2-4-13(11)16-12/h1-6H,15H2. The van der Waals surface area contributed by atoms with Gasteiger partial charge in [-0.25, -0.2) is 0 Å². The molecule has 0 bridgehead atoms. The molecule has 76 valence electrons. The van der Waals surface area contributed by atoms with E-state index in [2.05, 4.69) is 6.07 Å². The number of anilines is 1. The third-order valence-corrected chi connectivity index (χ3v) is 2.62. The Kier molecular flexibility index (Phi) is 1.66. The van der Waals surface area contributed by atoms with E-state index in [4.69, 9.17) is 15.4 Å². The number of rotatable bonds is 0. The SMILES string of the molecule is N#Cc1ccc2oc3ccc(N)cc3c2c1. The minimum absolute atomic E-state index is 0.623. The summed E-state index contributed by atoms with van der Waals surface area (Å²) in [6.45, 7) is 0. The maximum atomic E-state index is 8.86. The molecule has 0 fully saturated rings. The molecule has 0 spiro atoms. The van der Waals surface area contributed by atoms with Gasteiger partial charge in [-0.05, 0) is 36.4 Å². The summed E-state index contributed by atoms with van der Waals surface area (Å²) < 4.78 is 5.64. The highest BCUT2D eigenvalue weighted by atomic mass is 16.3. The third-order valence-electron chi connectivity index (χ3n) is 2.62. The summed E-state index contributed by atoms with van der Waals surface area (Å²) in [4.78, 5) is 0. The molecule has 3 aromatic rings. The summed E-state index contributed by atoms with van der Waals surface area (Å²) in [5, 5.41) is 10.7. The van der Waals surface area contributed by atoms with Gasteiger partial charge in [-0.3, -0.25) is 0 Å². The van der Waals surface area contributed by atoms with Gasteiger partial charge in [-0.2, -0.15) is 5.26 Å². The van der Waals surface area contributed by atoms with Crippen molar-refractivity contribution >= 4 is 27.6 Å². The van der Waals surface area contributed by atoms with Crippen molar-refractivity contribution in [3.8, 4) is 6.07 Å². The Morgan fingerprint density at radius 3 is 2.44 bits per heavy atom. The average molecular weight is 208 g/mol. The first-order chi connectivity index (χ1) is 7.78. The highest BCUT2D eigenvalue weighted by Crippen LogP contribution is 2.30. The smallest absolute Gasteiger partial charge is 0.135 e. The lowest BCUT2D eigenvalue weighted by Gasteiger charge is -1.92. The molecule has 0 amide bonds. The second kappa shape index (κ2) is 3.01. The summed E-state index contributed by atoms with van der Waals surface area (Å²) in [6.07, 6.45) is 0. The lowest BCUT2D eigenvalue weighted by atomic mass is 10.1. The van der Waals surface area contributed by atoms with Gasteiger partial charge in [0, 0.05) is 16.5 Å². The predicted molar refractivity (Wildman–Crippen MR) is 62.8 cm³/mol. The van der Waals surface area contributed by atoms with Crippen molar-refractivity contribution in [2.45, 2.75) is 0 Å². The van der Waals surface area contributed by atoms with Gasteiger partial charge >= 0.3 is 0 Å². The van der Waals surface area contributed by atoms with E-state index in [0.29, 0.717) is 11.3 Å². The Bertz CT molecular complexity index is 735. The van der Waals surface area contributed by atoms with Crippen molar-refractivity contribution in [3.63, 3.8) is 0 Å². The molecule has 0 aliphatic carbocycles. The molecule has 0 aliphatic rings. The first-order valence-corrected chi connectivity index (χ1v) is 4.90. The minimum atomic E-state index is 0.623. The number of fused-ring (bicyclic) bond motifs is 3. The maximum Gasteiger partial charge on any atom is 0.135 e. The van der Waals surface area contributed by atoms with Gasteiger partial charge in [0.15, 0.2) is 0 Å². The van der Waals surface area contributed by atoms with Gasteiger partial charge in [0.25, 0.3) is 0 Å². The molecule has 0 saturated heterocycles. The number of nitriles is 1. The molecule has 1 aromatic heterocycles. The number of hydrogen-bond donors (Lipinski definition) is 1. The van der Waals surface area contributed by atoms with Crippen molar-refractivity contribution in [2.24, 2.45) is 0 Å². The van der Waals surface area contributed by atoms with E-state index in [0.717, 1.165) is 21.9 Å². The molecule has 16 heavy (non-hydrogen) atoms. The number of nitrogens with two attached hydrogens (primary N) is 1. The number of nitrogen functional groups attached to an aromatic ring is 1. The third kappa shape index (κ3) is 1.14. The van der Waals surface area contributed by atoms with Crippen LogP contribution in [0.4, 0.5) is 5.69 Å². The van der Waals surface area contributed by atoms with Gasteiger partial charge in [0.2, 0.25) is 0 Å². The van der Waals surface area contributed by atoms with Gasteiger partial charge in [0.05, 0.1) is 11.6 Å². The summed E-state index contributed by atoms with van der Waals surface area (Å²) in [7, 11) is 0. The Morgan fingerprint density at radius 1 is 1.00 bits per heavy atom. The fourth-order valence-electron chi connectivity index (χ4n) is 1.86. The van der Waals surface area contributed by atoms with Gasteiger partial charge in [-0.1, -0.05) is 0 Å². The number of nitrogens with zero attached hydrogens (tertiary/aromatic N) is 1. The molecule has 0 aliphatic heterocycles. The van der Waals surface area contributed by atoms with Crippen molar-refractivity contribution in [3.05, 3.63) is 42.0 Å². The lowest BCUT2D eigenvalue weighted by molar-refractivity contribution is 0.669. The van der Waals surface area contributed by atoms with Gasteiger partial charge < -0.3 is 10.2 Å². The second-order valence-corrected chi connectivity index (χ2v) is 3.68. The number of hydrogen-bond acceptors (Lipinski definition) is 3. The van der Waals surface area contributed by atoms with E-state index >= 15 is 0 Å². The summed E-state index contributed by atoms with van der Waals surface area (Å²) in [5.74, 6) is 0. The molecule has 3 rings (SSSR count). The van der Waals surface area contributed by atoms with Crippen LogP contribution < -0.4 is 5.73 Å². The van der Waals surface area contributed by atoms with Crippen LogP contribution in [0.15, 0.2) is 40.8 Å². The van der Waals surface area contributed by atoms with Crippen LogP contribution in [-0.2, 0) is 0 Å². The van der Waals surface area contributed by atoms with Crippen LogP contribution in [-0.4, -0.2) is 0 Å². The van der Waals surface area contributed by atoms with Crippen LogP contribution >= 0.6 is 0 Å². The Labute approximate surface area is 91.7 Å². The zero-order valence-corrected chi connectivity index (χ0v) is 8.40. The first kappa shape index (κ1) is 8.81. The zero-order valence-electron chi connectivity index (χ0n) is 8.40. The van der Waals surface area contributed by atoms with E-state index in [1.54, 1.807) is 12.1 Å². The maximum absolute atomic E-state index is 8.86. The summed E-state index contributed by atoms with van der Waals surface area (Å²) in [6, 6.07) is 13.0. The van der Waals surface area contributed by atoms with Gasteiger partial charge in [0.1, 0.15) is 11.2 Å². The van der Waals surface area contributed by atoms with Crippen molar-refractivity contribution < 1.29 is 4.42 Å². The molecule has 0 saturated carbocycles. The van der Waals surface area contributed by atoms with E-state index in [1.807, 2.05) is 24.3 Å². The minimum Gasteiger partial charge on any atom is -0.456 e. The largest absolute Gasteiger partial charge is 0.456 e. The molecule has 0 radical (unpaired) electrons. The second-order valence-electron chi connectivity index (χ2n) is 3.68. The van der Waals surface area contributed by atoms with E-state index in [-0.39, 0.29) is 0 Å². The highest BCUT2D eigenvalue weighted by Gasteiger charge is 2.07. The summed E-state index contributed by atoms with van der Waals surface area (Å²) in [5.41, 5.74) is 8.62. The molecule has 2 N–H and O–H groups in total. The Balaban J connectivity index is 2.50. The van der Waals surface area contributed by atoms with Crippen molar-refractivity contribution in [2.75, 3.05) is 5.73 Å². The Morgan fingerprint density at radius 2 is 1.69 bits per heavy atom. The van der Waals surface area contributed by atoms with Gasteiger partial charge in [-0.15, -0.1) is 0 Å². The lowest BCUT2D eigenvalue weighted by Crippen LogP contribution is -1.81. The normalized spacial score (nSPS) is 10.7. The molecule has 3 heteroatoms. The Hall–Kier alpha value is -2.47. The first-order valence-electron chi connectivity index (χ1n) is 4.90. The molecule has 2 aromatic carbocycles. The van der Waals surface area contributed by atoms with Crippen molar-refractivity contribution in [1.29, 1.82) is 5.26 Å². The molecular weight excluding hydrogens is 200 g/mol. The van der Waals surface area contributed by atoms with Crippen LogP contribution in [0.1, 0.15) is 5.56 Å². The monoisotopic (exact) mass is 208 g/mol. The van der Waals surface area contributed by atoms with Crippen molar-refractivity contribution in [1.82, 2.24) is 0 Å². The highest BCUT2D eigenvalue weighted by molar-refractivity contribution is 6.06. The molecular formula is C13H8N2O. The van der Waals surface area contributed by atoms with E-state index in [9.17, 15) is 0 Å². The fourth-order valence-corrected chi connectivity index (χ4v) is 1.86. The zero-order chi connectivity index (χ0) is 11.1. The summed E-state index contributed by atoms with van der Waals surface area (Å²) >= 11 is 0. The van der Waals surface area contributed by atoms with E-state index < -0.39 is 0 Å². The van der Waals surface area contributed by atoms with E-state index in [1.165, 1.54) is 0 Å².